The van der Waals surface area contributed by atoms with Gasteiger partial charge in [0.05, 0.1) is 10.3 Å². The van der Waals surface area contributed by atoms with Gasteiger partial charge in [-0.05, 0) is 18.6 Å². The minimum Gasteiger partial charge on any atom is -0.205 e. The largest absolute Gasteiger partial charge is 0.205 e. The number of nitrogens with zero attached hydrogens (tertiary/aromatic N) is 1. The van der Waals surface area contributed by atoms with Crippen molar-refractivity contribution in [3.05, 3.63) is 34.5 Å². The number of halogens is 1. The monoisotopic (exact) mass is 251 g/mol. The van der Waals surface area contributed by atoms with Gasteiger partial charge >= 0.3 is 0 Å². The number of hydrogen-bond donors (Lipinski definition) is 0. The molecule has 0 amide bonds. The first kappa shape index (κ1) is 15.6. The fraction of sp³-hybridized carbons (Fsp3) is 0.357. The Morgan fingerprint density at radius 1 is 1.18 bits per heavy atom. The van der Waals surface area contributed by atoms with Gasteiger partial charge in [0, 0.05) is 10.8 Å². The van der Waals surface area contributed by atoms with Gasteiger partial charge in [-0.2, -0.15) is 5.26 Å². The summed E-state index contributed by atoms with van der Waals surface area (Å²) in [6, 6.07) is 5.20. The van der Waals surface area contributed by atoms with Gasteiger partial charge in [-0.25, -0.2) is 4.39 Å². The quantitative estimate of drug-likeness (QED) is 0.625. The smallest absolute Gasteiger partial charge is 0.141 e. The van der Waals surface area contributed by atoms with Crippen LogP contribution in [0.2, 0.25) is 0 Å². The normalized spacial score (nSPS) is 8.53. The first-order valence-electron chi connectivity index (χ1n) is 5.80. The fourth-order valence-electron chi connectivity index (χ4n) is 1.36. The molecule has 0 saturated heterocycles. The molecule has 0 N–H and O–H groups in total. The van der Waals surface area contributed by atoms with Crippen molar-refractivity contribution in [1.82, 2.24) is 0 Å². The lowest BCUT2D eigenvalue weighted by Gasteiger charge is -1.96. The molecule has 0 saturated carbocycles. The standard InChI is InChI=1S/C10H6FNS.2C2H6/c1-6-2-3-8(11)10-9(6)7(4-12)5-13-10;2*1-2/h2-3,5H,1H3;2*1-2H3. The van der Waals surface area contributed by atoms with Crippen molar-refractivity contribution in [2.24, 2.45) is 0 Å². The Balaban J connectivity index is 0.000000581. The maximum atomic E-state index is 13.2. The fourth-order valence-corrected chi connectivity index (χ4v) is 2.34. The summed E-state index contributed by atoms with van der Waals surface area (Å²) in [6.45, 7) is 9.88. The van der Waals surface area contributed by atoms with Crippen LogP contribution in [0.3, 0.4) is 0 Å². The molecule has 0 atom stereocenters. The Hall–Kier alpha value is -1.40. The number of aryl methyl sites for hydroxylation is 1. The molecule has 0 aliphatic rings. The zero-order valence-corrected chi connectivity index (χ0v) is 11.8. The van der Waals surface area contributed by atoms with Crippen molar-refractivity contribution in [1.29, 1.82) is 5.26 Å². The van der Waals surface area contributed by atoms with Gasteiger partial charge in [-0.3, -0.25) is 0 Å². The van der Waals surface area contributed by atoms with Gasteiger partial charge in [-0.15, -0.1) is 11.3 Å². The highest BCUT2D eigenvalue weighted by Gasteiger charge is 2.09. The molecule has 92 valence electrons. The average Bonchev–Trinajstić information content (AvgIpc) is 2.84. The molecule has 17 heavy (non-hydrogen) atoms. The maximum absolute atomic E-state index is 13.2. The molecule has 2 aromatic rings. The lowest BCUT2D eigenvalue weighted by Crippen LogP contribution is -1.80. The van der Waals surface area contributed by atoms with Crippen molar-refractivity contribution in [3.63, 3.8) is 0 Å². The Bertz CT molecular complexity index is 509. The van der Waals surface area contributed by atoms with Crippen LogP contribution in [0, 0.1) is 24.1 Å². The van der Waals surface area contributed by atoms with Crippen molar-refractivity contribution in [2.45, 2.75) is 34.6 Å². The van der Waals surface area contributed by atoms with E-state index in [1.165, 1.54) is 17.4 Å². The molecule has 1 aromatic carbocycles. The molecular formula is C14H18FNS. The third-order valence-corrected chi connectivity index (χ3v) is 2.99. The summed E-state index contributed by atoms with van der Waals surface area (Å²) in [6.07, 6.45) is 0. The average molecular weight is 251 g/mol. The third kappa shape index (κ3) is 3.28. The molecule has 1 nitrogen and oxygen atoms in total. The Morgan fingerprint density at radius 3 is 2.29 bits per heavy atom. The van der Waals surface area contributed by atoms with Crippen LogP contribution >= 0.6 is 11.3 Å². The van der Waals surface area contributed by atoms with Crippen molar-refractivity contribution in [3.8, 4) is 6.07 Å². The van der Waals surface area contributed by atoms with Gasteiger partial charge < -0.3 is 0 Å². The summed E-state index contributed by atoms with van der Waals surface area (Å²) in [5.74, 6) is -0.243. The van der Waals surface area contributed by atoms with Crippen molar-refractivity contribution in [2.75, 3.05) is 0 Å². The molecule has 0 radical (unpaired) electrons. The van der Waals surface area contributed by atoms with Gasteiger partial charge in [0.1, 0.15) is 11.9 Å². The summed E-state index contributed by atoms with van der Waals surface area (Å²) in [4.78, 5) is 0. The van der Waals surface area contributed by atoms with Crippen molar-refractivity contribution >= 4 is 21.4 Å². The predicted octanol–water partition coefficient (Wildman–Crippen LogP) is 5.27. The van der Waals surface area contributed by atoms with Crippen LogP contribution in [-0.2, 0) is 0 Å². The van der Waals surface area contributed by atoms with Gasteiger partial charge in [0.25, 0.3) is 0 Å². The molecule has 0 unspecified atom stereocenters. The van der Waals surface area contributed by atoms with E-state index in [4.69, 9.17) is 5.26 Å². The topological polar surface area (TPSA) is 23.8 Å². The second-order valence-electron chi connectivity index (χ2n) is 2.83. The minimum absolute atomic E-state index is 0.243. The van der Waals surface area contributed by atoms with E-state index in [1.807, 2.05) is 34.6 Å². The molecule has 2 rings (SSSR count). The maximum Gasteiger partial charge on any atom is 0.141 e. The van der Waals surface area contributed by atoms with Gasteiger partial charge in [-0.1, -0.05) is 33.8 Å². The SMILES string of the molecule is CC.CC.Cc1ccc(F)c2scc(C#N)c12. The first-order chi connectivity index (χ1) is 8.24. The lowest BCUT2D eigenvalue weighted by molar-refractivity contribution is 0.641. The Morgan fingerprint density at radius 2 is 1.76 bits per heavy atom. The van der Waals surface area contributed by atoms with E-state index in [1.54, 1.807) is 11.4 Å². The van der Waals surface area contributed by atoms with E-state index in [0.717, 1.165) is 10.9 Å². The van der Waals surface area contributed by atoms with E-state index in [9.17, 15) is 4.39 Å². The third-order valence-electron chi connectivity index (χ3n) is 2.00. The van der Waals surface area contributed by atoms with Crippen LogP contribution in [0.5, 0.6) is 0 Å². The van der Waals surface area contributed by atoms with Crippen LogP contribution in [0.25, 0.3) is 10.1 Å². The molecule has 1 aromatic heterocycles. The molecule has 1 heterocycles. The summed E-state index contributed by atoms with van der Waals surface area (Å²) >= 11 is 1.28. The Kier molecular flexibility index (Phi) is 7.16. The number of fused-ring (bicyclic) bond motifs is 1. The van der Waals surface area contributed by atoms with Crippen LogP contribution in [0.4, 0.5) is 4.39 Å². The van der Waals surface area contributed by atoms with Crippen LogP contribution in [0.1, 0.15) is 38.8 Å². The summed E-state index contributed by atoms with van der Waals surface area (Å²) in [5.41, 5.74) is 1.52. The summed E-state index contributed by atoms with van der Waals surface area (Å²) < 4.78 is 13.8. The molecule has 0 fully saturated rings. The zero-order valence-electron chi connectivity index (χ0n) is 11.0. The van der Waals surface area contributed by atoms with E-state index < -0.39 is 0 Å². The number of hydrogen-bond acceptors (Lipinski definition) is 2. The van der Waals surface area contributed by atoms with Gasteiger partial charge in [0.15, 0.2) is 0 Å². The molecular weight excluding hydrogens is 233 g/mol. The first-order valence-corrected chi connectivity index (χ1v) is 6.68. The molecule has 0 aliphatic carbocycles. The summed E-state index contributed by atoms with van der Waals surface area (Å²) in [7, 11) is 0. The van der Waals surface area contributed by atoms with E-state index in [0.29, 0.717) is 10.3 Å². The molecule has 0 aliphatic heterocycles. The second kappa shape index (κ2) is 7.81. The predicted molar refractivity (Wildman–Crippen MR) is 73.9 cm³/mol. The second-order valence-corrected chi connectivity index (χ2v) is 3.71. The van der Waals surface area contributed by atoms with Crippen LogP contribution < -0.4 is 0 Å². The molecule has 0 spiro atoms. The number of nitriles is 1. The van der Waals surface area contributed by atoms with E-state index in [-0.39, 0.29) is 5.82 Å². The Labute approximate surface area is 107 Å². The van der Waals surface area contributed by atoms with Gasteiger partial charge in [0.2, 0.25) is 0 Å². The van der Waals surface area contributed by atoms with E-state index in [2.05, 4.69) is 6.07 Å². The highest BCUT2D eigenvalue weighted by molar-refractivity contribution is 7.17. The number of thiophene rings is 1. The number of benzene rings is 1. The van der Waals surface area contributed by atoms with Crippen molar-refractivity contribution < 1.29 is 4.39 Å². The molecule has 3 heteroatoms. The summed E-state index contributed by atoms with van der Waals surface area (Å²) in [5, 5.41) is 11.2. The number of rotatable bonds is 0. The van der Waals surface area contributed by atoms with Crippen LogP contribution in [0.15, 0.2) is 17.5 Å². The highest BCUT2D eigenvalue weighted by Crippen LogP contribution is 2.30. The molecule has 0 bridgehead atoms. The van der Waals surface area contributed by atoms with Crippen LogP contribution in [-0.4, -0.2) is 0 Å². The lowest BCUT2D eigenvalue weighted by atomic mass is 10.1. The minimum atomic E-state index is -0.243. The highest BCUT2D eigenvalue weighted by atomic mass is 32.1. The zero-order chi connectivity index (χ0) is 13.4. The van der Waals surface area contributed by atoms with E-state index >= 15 is 0 Å².